The van der Waals surface area contributed by atoms with Crippen LogP contribution in [0.25, 0.3) is 11.0 Å². The number of amides is 1. The number of carbonyl (C=O) groups is 2. The molecule has 0 saturated heterocycles. The van der Waals surface area contributed by atoms with Crippen LogP contribution in [0.15, 0.2) is 80.8 Å². The average Bonchev–Trinajstić information content (AvgIpc) is 2.85. The minimum absolute atomic E-state index is 0.0820. The van der Waals surface area contributed by atoms with Crippen LogP contribution in [0.2, 0.25) is 0 Å². The van der Waals surface area contributed by atoms with Crippen LogP contribution in [-0.2, 0) is 21.2 Å². The van der Waals surface area contributed by atoms with Gasteiger partial charge in [-0.3, -0.25) is 19.5 Å². The highest BCUT2D eigenvalue weighted by Crippen LogP contribution is 2.27. The molecule has 0 aliphatic rings. The first kappa shape index (κ1) is 26.6. The third kappa shape index (κ3) is 6.12. The third-order valence-electron chi connectivity index (χ3n) is 5.25. The number of halogens is 3. The zero-order valence-electron chi connectivity index (χ0n) is 18.7. The van der Waals surface area contributed by atoms with E-state index in [1.807, 2.05) is 0 Å². The summed E-state index contributed by atoms with van der Waals surface area (Å²) in [5.41, 5.74) is 0.796. The number of rotatable bonds is 8. The fourth-order valence-electron chi connectivity index (χ4n) is 3.52. The maximum atomic E-state index is 13.5. The zero-order valence-corrected chi connectivity index (χ0v) is 22.6. The van der Waals surface area contributed by atoms with Gasteiger partial charge in [0.05, 0.1) is 21.2 Å². The van der Waals surface area contributed by atoms with E-state index in [1.54, 1.807) is 6.07 Å². The molecule has 0 aliphatic heterocycles. The van der Waals surface area contributed by atoms with Gasteiger partial charge in [0.2, 0.25) is 0 Å². The molecule has 0 saturated carbocycles. The van der Waals surface area contributed by atoms with Crippen LogP contribution < -0.4 is 10.0 Å². The number of nitrogens with zero attached hydrogens (tertiary/aromatic N) is 2. The summed E-state index contributed by atoms with van der Waals surface area (Å²) in [5, 5.41) is 12.1. The van der Waals surface area contributed by atoms with E-state index in [2.05, 4.69) is 51.9 Å². The van der Waals surface area contributed by atoms with Crippen molar-refractivity contribution in [2.75, 3.05) is 4.72 Å². The molecule has 3 aromatic carbocycles. The van der Waals surface area contributed by atoms with Crippen molar-refractivity contribution < 1.29 is 27.5 Å². The highest BCUT2D eigenvalue weighted by molar-refractivity contribution is 9.10. The molecule has 0 spiro atoms. The van der Waals surface area contributed by atoms with Crippen molar-refractivity contribution in [3.05, 3.63) is 92.9 Å². The Balaban J connectivity index is 1.63. The molecule has 0 aliphatic carbocycles. The normalized spacial score (nSPS) is 12.2. The molecule has 1 aromatic heterocycles. The summed E-state index contributed by atoms with van der Waals surface area (Å²) in [6, 6.07) is 11.4. The molecule has 0 bridgehead atoms. The van der Waals surface area contributed by atoms with Crippen molar-refractivity contribution in [2.45, 2.75) is 17.4 Å². The quantitative estimate of drug-likeness (QED) is 0.255. The minimum Gasteiger partial charge on any atom is -0.480 e. The highest BCUT2D eigenvalue weighted by atomic mass is 79.9. The number of hydrogen-bond donors (Lipinski definition) is 3. The van der Waals surface area contributed by atoms with E-state index in [4.69, 9.17) is 0 Å². The van der Waals surface area contributed by atoms with Crippen molar-refractivity contribution >= 4 is 70.5 Å². The molecule has 0 unspecified atom stereocenters. The molecule has 1 heterocycles. The Morgan fingerprint density at radius 3 is 2.51 bits per heavy atom. The smallest absolute Gasteiger partial charge is 0.326 e. The van der Waals surface area contributed by atoms with E-state index in [0.29, 0.717) is 15.6 Å². The van der Waals surface area contributed by atoms with Gasteiger partial charge >= 0.3 is 5.97 Å². The lowest BCUT2D eigenvalue weighted by molar-refractivity contribution is -0.139. The number of hydrogen-bond acceptors (Lipinski definition) is 6. The van der Waals surface area contributed by atoms with Crippen LogP contribution in [0.4, 0.5) is 10.1 Å². The molecule has 4 rings (SSSR count). The summed E-state index contributed by atoms with van der Waals surface area (Å²) >= 11 is 6.31. The molecule has 1 amide bonds. The van der Waals surface area contributed by atoms with E-state index in [-0.39, 0.29) is 32.6 Å². The van der Waals surface area contributed by atoms with Gasteiger partial charge < -0.3 is 10.4 Å². The lowest BCUT2D eigenvalue weighted by Crippen LogP contribution is -2.42. The second-order valence-electron chi connectivity index (χ2n) is 7.79. The van der Waals surface area contributed by atoms with Crippen molar-refractivity contribution in [3.63, 3.8) is 0 Å². The third-order valence-corrected chi connectivity index (χ3v) is 7.75. The van der Waals surface area contributed by atoms with Crippen molar-refractivity contribution in [1.29, 1.82) is 0 Å². The number of carboxylic acids is 1. The summed E-state index contributed by atoms with van der Waals surface area (Å²) in [4.78, 5) is 33.1. The summed E-state index contributed by atoms with van der Waals surface area (Å²) in [7, 11) is -4.23. The molecule has 9 nitrogen and oxygen atoms in total. The fourth-order valence-corrected chi connectivity index (χ4v) is 5.55. The van der Waals surface area contributed by atoms with Gasteiger partial charge in [0.25, 0.3) is 15.9 Å². The number of nitrogens with one attached hydrogen (secondary N) is 2. The Hall–Kier alpha value is -3.42. The number of para-hydroxylation sites is 1. The van der Waals surface area contributed by atoms with Gasteiger partial charge in [-0.2, -0.15) is 0 Å². The highest BCUT2D eigenvalue weighted by Gasteiger charge is 2.26. The Morgan fingerprint density at radius 2 is 1.78 bits per heavy atom. The summed E-state index contributed by atoms with van der Waals surface area (Å²) in [6.45, 7) is 0. The number of carbonyl (C=O) groups excluding carboxylic acids is 1. The average molecular weight is 652 g/mol. The van der Waals surface area contributed by atoms with Gasteiger partial charge in [0, 0.05) is 23.3 Å². The number of sulfonamides is 1. The number of anilines is 1. The zero-order chi connectivity index (χ0) is 26.7. The number of aromatic nitrogens is 2. The molecule has 190 valence electrons. The van der Waals surface area contributed by atoms with Crippen molar-refractivity contribution in [2.24, 2.45) is 0 Å². The van der Waals surface area contributed by atoms with E-state index in [0.717, 1.165) is 0 Å². The first-order valence-corrected chi connectivity index (χ1v) is 13.6. The van der Waals surface area contributed by atoms with E-state index < -0.39 is 33.8 Å². The monoisotopic (exact) mass is 650 g/mol. The number of benzene rings is 3. The summed E-state index contributed by atoms with van der Waals surface area (Å²) < 4.78 is 43.1. The topological polar surface area (TPSA) is 138 Å². The van der Waals surface area contributed by atoms with Gasteiger partial charge in [-0.25, -0.2) is 17.6 Å². The Morgan fingerprint density at radius 1 is 1.03 bits per heavy atom. The molecule has 37 heavy (non-hydrogen) atoms. The van der Waals surface area contributed by atoms with Crippen LogP contribution in [0.1, 0.15) is 15.9 Å². The summed E-state index contributed by atoms with van der Waals surface area (Å²) in [6.07, 6.45) is 2.67. The standard InChI is InChI=1S/C24H17Br2FN4O5S/c25-14-5-6-15(23(32)30-20(24(33)34)11-13-4-7-17(27)16(26)10-13)19(12-14)31-37(35,36)21-3-1-2-18-22(21)29-9-8-28-18/h1-10,12,20,31H,11H2,(H,30,32)(H,33,34)/t20-/m0/s1. The minimum atomic E-state index is -4.23. The second kappa shape index (κ2) is 10.9. The first-order valence-electron chi connectivity index (χ1n) is 10.5. The fraction of sp³-hybridized carbons (Fsp3) is 0.0833. The van der Waals surface area contributed by atoms with Crippen LogP contribution in [-0.4, -0.2) is 41.4 Å². The Labute approximate surface area is 227 Å². The van der Waals surface area contributed by atoms with E-state index >= 15 is 0 Å². The predicted molar refractivity (Wildman–Crippen MR) is 141 cm³/mol. The van der Waals surface area contributed by atoms with Gasteiger partial charge in [-0.1, -0.05) is 28.1 Å². The molecule has 13 heteroatoms. The number of aliphatic carboxylic acids is 1. The van der Waals surface area contributed by atoms with E-state index in [1.165, 1.54) is 60.9 Å². The first-order chi connectivity index (χ1) is 17.5. The molecule has 1 atom stereocenters. The van der Waals surface area contributed by atoms with Gasteiger partial charge in [-0.15, -0.1) is 0 Å². The van der Waals surface area contributed by atoms with Crippen LogP contribution in [0.5, 0.6) is 0 Å². The Bertz CT molecular complexity index is 1630. The molecule has 4 aromatic rings. The maximum Gasteiger partial charge on any atom is 0.326 e. The SMILES string of the molecule is O=C(N[C@@H](Cc1ccc(F)c(Br)c1)C(=O)O)c1ccc(Br)cc1NS(=O)(=O)c1cccc2nccnc12. The van der Waals surface area contributed by atoms with Crippen LogP contribution in [0, 0.1) is 5.82 Å². The van der Waals surface area contributed by atoms with Crippen molar-refractivity contribution in [1.82, 2.24) is 15.3 Å². The molecule has 3 N–H and O–H groups in total. The summed E-state index contributed by atoms with van der Waals surface area (Å²) in [5.74, 6) is -2.65. The van der Waals surface area contributed by atoms with Gasteiger partial charge in [-0.05, 0) is 64.0 Å². The van der Waals surface area contributed by atoms with Crippen molar-refractivity contribution in [3.8, 4) is 0 Å². The van der Waals surface area contributed by atoms with Crippen LogP contribution in [0.3, 0.4) is 0 Å². The maximum absolute atomic E-state index is 13.5. The molecule has 0 fully saturated rings. The molecular weight excluding hydrogens is 635 g/mol. The molecule has 0 radical (unpaired) electrons. The Kier molecular flexibility index (Phi) is 7.85. The van der Waals surface area contributed by atoms with Gasteiger partial charge in [0.1, 0.15) is 22.3 Å². The largest absolute Gasteiger partial charge is 0.480 e. The number of fused-ring (bicyclic) bond motifs is 1. The second-order valence-corrected chi connectivity index (χ2v) is 11.2. The predicted octanol–water partition coefficient (Wildman–Crippen LogP) is 4.52. The van der Waals surface area contributed by atoms with E-state index in [9.17, 15) is 27.5 Å². The number of carboxylic acid groups (broad SMARTS) is 1. The van der Waals surface area contributed by atoms with Gasteiger partial charge in [0.15, 0.2) is 0 Å². The lowest BCUT2D eigenvalue weighted by atomic mass is 10.0. The molecular formula is C24H17Br2FN4O5S. The lowest BCUT2D eigenvalue weighted by Gasteiger charge is -2.18. The van der Waals surface area contributed by atoms with Crippen LogP contribution >= 0.6 is 31.9 Å².